The standard InChI is InChI=1S/C13H19N3/c1-13(2,3)16-9-8-15(11-16)10-12-6-4-5-7-14-12/h4-10,14H,11H2,1-3H3/b12-10-. The summed E-state index contributed by atoms with van der Waals surface area (Å²) in [6, 6.07) is 0. The zero-order chi connectivity index (χ0) is 11.6. The summed E-state index contributed by atoms with van der Waals surface area (Å²) in [7, 11) is 0. The van der Waals surface area contributed by atoms with Crippen molar-refractivity contribution < 1.29 is 0 Å². The lowest BCUT2D eigenvalue weighted by molar-refractivity contribution is 0.181. The van der Waals surface area contributed by atoms with Crippen LogP contribution in [0.4, 0.5) is 0 Å². The fraction of sp³-hybridized carbons (Fsp3) is 0.385. The number of allylic oxidation sites excluding steroid dienone is 3. The molecule has 2 heterocycles. The Bertz CT molecular complexity index is 369. The smallest absolute Gasteiger partial charge is 0.0941 e. The maximum absolute atomic E-state index is 3.20. The van der Waals surface area contributed by atoms with Gasteiger partial charge in [-0.05, 0) is 32.9 Å². The quantitative estimate of drug-likeness (QED) is 0.727. The first kappa shape index (κ1) is 10.9. The van der Waals surface area contributed by atoms with Gasteiger partial charge in [-0.25, -0.2) is 0 Å². The van der Waals surface area contributed by atoms with E-state index in [0.29, 0.717) is 0 Å². The molecule has 1 N–H and O–H groups in total. The summed E-state index contributed by atoms with van der Waals surface area (Å²) in [5, 5.41) is 3.20. The van der Waals surface area contributed by atoms with Crippen LogP contribution >= 0.6 is 0 Å². The second kappa shape index (κ2) is 4.08. The van der Waals surface area contributed by atoms with Crippen LogP contribution in [0.5, 0.6) is 0 Å². The van der Waals surface area contributed by atoms with Crippen molar-refractivity contribution in [2.75, 3.05) is 6.67 Å². The Labute approximate surface area is 97.4 Å². The van der Waals surface area contributed by atoms with Crippen molar-refractivity contribution in [3.05, 3.63) is 48.7 Å². The van der Waals surface area contributed by atoms with E-state index >= 15 is 0 Å². The lowest BCUT2D eigenvalue weighted by Gasteiger charge is -2.32. The van der Waals surface area contributed by atoms with Gasteiger partial charge in [0.15, 0.2) is 0 Å². The minimum absolute atomic E-state index is 0.180. The van der Waals surface area contributed by atoms with E-state index in [-0.39, 0.29) is 5.54 Å². The van der Waals surface area contributed by atoms with E-state index in [1.54, 1.807) is 0 Å². The van der Waals surface area contributed by atoms with E-state index in [4.69, 9.17) is 0 Å². The summed E-state index contributed by atoms with van der Waals surface area (Å²) in [5.41, 5.74) is 1.29. The number of hydrogen-bond donors (Lipinski definition) is 1. The molecule has 0 radical (unpaired) electrons. The van der Waals surface area contributed by atoms with Crippen LogP contribution in [-0.4, -0.2) is 22.0 Å². The molecule has 0 amide bonds. The molecule has 0 spiro atoms. The second-order valence-electron chi connectivity index (χ2n) is 5.04. The van der Waals surface area contributed by atoms with Crippen molar-refractivity contribution in [3.8, 4) is 0 Å². The van der Waals surface area contributed by atoms with Gasteiger partial charge in [0, 0.05) is 30.3 Å². The van der Waals surface area contributed by atoms with E-state index in [9.17, 15) is 0 Å². The first-order chi connectivity index (χ1) is 7.55. The Morgan fingerprint density at radius 2 is 2.06 bits per heavy atom. The lowest BCUT2D eigenvalue weighted by Crippen LogP contribution is -2.38. The number of nitrogens with one attached hydrogen (secondary N) is 1. The summed E-state index contributed by atoms with van der Waals surface area (Å²) in [5.74, 6) is 0. The predicted molar refractivity (Wildman–Crippen MR) is 66.9 cm³/mol. The predicted octanol–water partition coefficient (Wildman–Crippen LogP) is 2.35. The average molecular weight is 217 g/mol. The molecule has 0 unspecified atom stereocenters. The van der Waals surface area contributed by atoms with Crippen LogP contribution in [0.25, 0.3) is 0 Å². The molecule has 0 bridgehead atoms. The molecule has 16 heavy (non-hydrogen) atoms. The molecular weight excluding hydrogens is 198 g/mol. The first-order valence-corrected chi connectivity index (χ1v) is 5.58. The highest BCUT2D eigenvalue weighted by molar-refractivity contribution is 5.27. The third-order valence-corrected chi connectivity index (χ3v) is 2.65. The summed E-state index contributed by atoms with van der Waals surface area (Å²) in [6.45, 7) is 7.56. The fourth-order valence-corrected chi connectivity index (χ4v) is 1.62. The Balaban J connectivity index is 1.98. The highest BCUT2D eigenvalue weighted by atomic mass is 15.4. The maximum Gasteiger partial charge on any atom is 0.0941 e. The van der Waals surface area contributed by atoms with E-state index in [2.05, 4.69) is 60.6 Å². The minimum Gasteiger partial charge on any atom is -0.361 e. The van der Waals surface area contributed by atoms with Gasteiger partial charge in [-0.1, -0.05) is 6.08 Å². The van der Waals surface area contributed by atoms with Crippen molar-refractivity contribution in [3.63, 3.8) is 0 Å². The van der Waals surface area contributed by atoms with Crippen LogP contribution in [0.1, 0.15) is 20.8 Å². The Morgan fingerprint density at radius 1 is 1.25 bits per heavy atom. The van der Waals surface area contributed by atoms with Gasteiger partial charge < -0.3 is 15.1 Å². The molecule has 3 nitrogen and oxygen atoms in total. The summed E-state index contributed by atoms with van der Waals surface area (Å²) >= 11 is 0. The number of rotatable bonds is 1. The highest BCUT2D eigenvalue weighted by Gasteiger charge is 2.22. The average Bonchev–Trinajstić information content (AvgIpc) is 2.67. The molecule has 86 valence electrons. The van der Waals surface area contributed by atoms with Gasteiger partial charge in [0.25, 0.3) is 0 Å². The third kappa shape index (κ3) is 2.48. The van der Waals surface area contributed by atoms with Crippen LogP contribution < -0.4 is 5.32 Å². The molecule has 0 aromatic heterocycles. The van der Waals surface area contributed by atoms with Gasteiger partial charge in [-0.15, -0.1) is 0 Å². The van der Waals surface area contributed by atoms with E-state index in [0.717, 1.165) is 12.4 Å². The van der Waals surface area contributed by atoms with Gasteiger partial charge in [0.2, 0.25) is 0 Å². The molecule has 0 aromatic rings. The molecular formula is C13H19N3. The van der Waals surface area contributed by atoms with Crippen LogP contribution in [0.3, 0.4) is 0 Å². The zero-order valence-corrected chi connectivity index (χ0v) is 10.1. The fourth-order valence-electron chi connectivity index (χ4n) is 1.62. The molecule has 2 aliphatic heterocycles. The van der Waals surface area contributed by atoms with Crippen molar-refractivity contribution in [2.45, 2.75) is 26.3 Å². The molecule has 0 saturated heterocycles. The summed E-state index contributed by atoms with van der Waals surface area (Å²) < 4.78 is 0. The molecule has 0 aromatic carbocycles. The molecule has 0 fully saturated rings. The van der Waals surface area contributed by atoms with Crippen LogP contribution in [0, 0.1) is 0 Å². The van der Waals surface area contributed by atoms with Crippen LogP contribution in [-0.2, 0) is 0 Å². The molecule has 2 aliphatic rings. The van der Waals surface area contributed by atoms with Gasteiger partial charge in [-0.3, -0.25) is 0 Å². The number of hydrogen-bond acceptors (Lipinski definition) is 3. The molecule has 0 atom stereocenters. The largest absolute Gasteiger partial charge is 0.361 e. The molecule has 2 rings (SSSR count). The van der Waals surface area contributed by atoms with Crippen LogP contribution in [0.15, 0.2) is 48.7 Å². The second-order valence-corrected chi connectivity index (χ2v) is 5.04. The van der Waals surface area contributed by atoms with Gasteiger partial charge in [0.05, 0.1) is 12.4 Å². The van der Waals surface area contributed by atoms with Gasteiger partial charge in [-0.2, -0.15) is 0 Å². The SMILES string of the molecule is CC(C)(C)N1C=CN(/C=C2/C=CC=CN2)C1. The van der Waals surface area contributed by atoms with Crippen molar-refractivity contribution >= 4 is 0 Å². The lowest BCUT2D eigenvalue weighted by atomic mass is 10.1. The third-order valence-electron chi connectivity index (χ3n) is 2.65. The summed E-state index contributed by atoms with van der Waals surface area (Å²) in [4.78, 5) is 4.49. The Morgan fingerprint density at radius 3 is 2.62 bits per heavy atom. The van der Waals surface area contributed by atoms with Gasteiger partial charge >= 0.3 is 0 Å². The minimum atomic E-state index is 0.180. The van der Waals surface area contributed by atoms with Crippen molar-refractivity contribution in [2.24, 2.45) is 0 Å². The normalized spacial score (nSPS) is 22.1. The Hall–Kier alpha value is -1.64. The maximum atomic E-state index is 3.20. The number of dihydropyridines is 1. The zero-order valence-electron chi connectivity index (χ0n) is 10.1. The van der Waals surface area contributed by atoms with E-state index in [1.165, 1.54) is 0 Å². The van der Waals surface area contributed by atoms with E-state index in [1.807, 2.05) is 18.4 Å². The topological polar surface area (TPSA) is 18.5 Å². The van der Waals surface area contributed by atoms with Gasteiger partial charge in [0.1, 0.15) is 0 Å². The number of nitrogens with zero attached hydrogens (tertiary/aromatic N) is 2. The first-order valence-electron chi connectivity index (χ1n) is 5.58. The summed E-state index contributed by atoms with van der Waals surface area (Å²) in [6.07, 6.45) is 14.4. The molecule has 0 aliphatic carbocycles. The van der Waals surface area contributed by atoms with E-state index < -0.39 is 0 Å². The molecule has 3 heteroatoms. The van der Waals surface area contributed by atoms with Crippen molar-refractivity contribution in [1.29, 1.82) is 0 Å². The molecule has 0 saturated carbocycles. The monoisotopic (exact) mass is 217 g/mol. The van der Waals surface area contributed by atoms with Crippen molar-refractivity contribution in [1.82, 2.24) is 15.1 Å². The highest BCUT2D eigenvalue weighted by Crippen LogP contribution is 2.19. The Kier molecular flexibility index (Phi) is 2.77. The van der Waals surface area contributed by atoms with Crippen LogP contribution in [0.2, 0.25) is 0 Å².